The summed E-state index contributed by atoms with van der Waals surface area (Å²) in [5.41, 5.74) is 0.255. The molecule has 2 aromatic heterocycles. The molecule has 0 aromatic carbocycles. The predicted octanol–water partition coefficient (Wildman–Crippen LogP) is 1.66. The minimum absolute atomic E-state index is 0.130. The van der Waals surface area contributed by atoms with Crippen LogP contribution in [0.1, 0.15) is 6.92 Å². The van der Waals surface area contributed by atoms with Crippen LogP contribution in [0, 0.1) is 0 Å². The van der Waals surface area contributed by atoms with Crippen LogP contribution in [-0.4, -0.2) is 10.9 Å². The van der Waals surface area contributed by atoms with Crippen LogP contribution in [0.3, 0.4) is 0 Å². The number of nitrogens with one attached hydrogen (secondary N) is 1. The van der Waals surface area contributed by atoms with E-state index in [2.05, 4.69) is 10.3 Å². The van der Waals surface area contributed by atoms with Gasteiger partial charge < -0.3 is 9.73 Å². The molecule has 1 N–H and O–H groups in total. The van der Waals surface area contributed by atoms with E-state index in [4.69, 9.17) is 4.42 Å². The standard InChI is InChI=1S/C12H10N2O3/c1-8(15)14-10-4-5-11(17-12(10)16)9-3-2-6-13-7-9/h2-7H,1H3,(H,14,15). The number of carbonyl (C=O) groups is 1. The number of anilines is 1. The number of carbonyl (C=O) groups excluding carboxylic acids is 1. The van der Waals surface area contributed by atoms with Crippen molar-refractivity contribution in [1.29, 1.82) is 0 Å². The third-order valence-corrected chi connectivity index (χ3v) is 2.08. The highest BCUT2D eigenvalue weighted by molar-refractivity contribution is 5.88. The molecule has 0 atom stereocenters. The predicted molar refractivity (Wildman–Crippen MR) is 62.5 cm³/mol. The maximum Gasteiger partial charge on any atom is 0.360 e. The maximum atomic E-state index is 11.5. The summed E-state index contributed by atoms with van der Waals surface area (Å²) >= 11 is 0. The van der Waals surface area contributed by atoms with Crippen molar-refractivity contribution in [2.75, 3.05) is 5.32 Å². The zero-order valence-electron chi connectivity index (χ0n) is 9.14. The molecule has 0 saturated carbocycles. The van der Waals surface area contributed by atoms with Crippen LogP contribution in [0.4, 0.5) is 5.69 Å². The van der Waals surface area contributed by atoms with Crippen molar-refractivity contribution in [3.8, 4) is 11.3 Å². The average molecular weight is 230 g/mol. The zero-order valence-corrected chi connectivity index (χ0v) is 9.14. The molecule has 0 unspecified atom stereocenters. The van der Waals surface area contributed by atoms with Gasteiger partial charge in [-0.15, -0.1) is 0 Å². The number of pyridine rings is 1. The van der Waals surface area contributed by atoms with E-state index >= 15 is 0 Å². The summed E-state index contributed by atoms with van der Waals surface area (Å²) in [5.74, 6) is 0.101. The summed E-state index contributed by atoms with van der Waals surface area (Å²) in [5, 5.41) is 2.39. The summed E-state index contributed by atoms with van der Waals surface area (Å²) in [4.78, 5) is 26.3. The van der Waals surface area contributed by atoms with Crippen molar-refractivity contribution in [3.63, 3.8) is 0 Å². The lowest BCUT2D eigenvalue weighted by Gasteiger charge is -2.02. The Hall–Kier alpha value is -2.43. The van der Waals surface area contributed by atoms with Crippen LogP contribution in [0.5, 0.6) is 0 Å². The summed E-state index contributed by atoms with van der Waals surface area (Å²) in [6.07, 6.45) is 3.23. The number of amides is 1. The van der Waals surface area contributed by atoms with E-state index < -0.39 is 5.63 Å². The second-order valence-electron chi connectivity index (χ2n) is 3.42. The molecule has 2 aromatic rings. The minimum Gasteiger partial charge on any atom is -0.421 e. The molecule has 2 heterocycles. The molecule has 86 valence electrons. The van der Waals surface area contributed by atoms with Gasteiger partial charge in [-0.3, -0.25) is 9.78 Å². The van der Waals surface area contributed by atoms with Crippen molar-refractivity contribution in [1.82, 2.24) is 4.98 Å². The Balaban J connectivity index is 2.38. The van der Waals surface area contributed by atoms with Gasteiger partial charge in [-0.2, -0.15) is 0 Å². The normalized spacial score (nSPS) is 9.94. The van der Waals surface area contributed by atoms with Gasteiger partial charge in [-0.25, -0.2) is 4.79 Å². The fourth-order valence-electron chi connectivity index (χ4n) is 1.36. The summed E-state index contributed by atoms with van der Waals surface area (Å²) in [7, 11) is 0. The Bertz CT molecular complexity index is 590. The van der Waals surface area contributed by atoms with Gasteiger partial charge >= 0.3 is 5.63 Å². The third kappa shape index (κ3) is 2.57. The van der Waals surface area contributed by atoms with Crippen LogP contribution in [0.25, 0.3) is 11.3 Å². The average Bonchev–Trinajstić information content (AvgIpc) is 2.32. The molecule has 0 spiro atoms. The van der Waals surface area contributed by atoms with E-state index in [0.29, 0.717) is 11.3 Å². The van der Waals surface area contributed by atoms with Crippen LogP contribution >= 0.6 is 0 Å². The van der Waals surface area contributed by atoms with Gasteiger partial charge in [0.05, 0.1) is 0 Å². The molecule has 2 rings (SSSR count). The molecular weight excluding hydrogens is 220 g/mol. The van der Waals surface area contributed by atoms with Gasteiger partial charge in [0, 0.05) is 24.9 Å². The van der Waals surface area contributed by atoms with Gasteiger partial charge in [0.15, 0.2) is 0 Å². The quantitative estimate of drug-likeness (QED) is 0.851. The first-order valence-corrected chi connectivity index (χ1v) is 4.99. The van der Waals surface area contributed by atoms with E-state index in [1.54, 1.807) is 30.6 Å². The van der Waals surface area contributed by atoms with Crippen LogP contribution in [0.15, 0.2) is 45.9 Å². The smallest absolute Gasteiger partial charge is 0.360 e. The van der Waals surface area contributed by atoms with E-state index in [1.807, 2.05) is 0 Å². The van der Waals surface area contributed by atoms with Crippen molar-refractivity contribution >= 4 is 11.6 Å². The second kappa shape index (κ2) is 4.61. The third-order valence-electron chi connectivity index (χ3n) is 2.08. The van der Waals surface area contributed by atoms with Crippen LogP contribution in [0.2, 0.25) is 0 Å². The van der Waals surface area contributed by atoms with E-state index in [-0.39, 0.29) is 11.6 Å². The Kier molecular flexibility index (Phi) is 3.00. The highest BCUT2D eigenvalue weighted by Gasteiger charge is 2.06. The second-order valence-corrected chi connectivity index (χ2v) is 3.42. The molecule has 17 heavy (non-hydrogen) atoms. The maximum absolute atomic E-state index is 11.5. The lowest BCUT2D eigenvalue weighted by molar-refractivity contribution is -0.114. The summed E-state index contributed by atoms with van der Waals surface area (Å²) in [6.45, 7) is 1.33. The van der Waals surface area contributed by atoms with E-state index in [1.165, 1.54) is 13.0 Å². The SMILES string of the molecule is CC(=O)Nc1ccc(-c2cccnc2)oc1=O. The number of nitrogens with zero attached hydrogens (tertiary/aromatic N) is 1. The Morgan fingerprint density at radius 2 is 2.18 bits per heavy atom. The summed E-state index contributed by atoms with van der Waals surface area (Å²) < 4.78 is 5.09. The lowest BCUT2D eigenvalue weighted by atomic mass is 10.2. The molecule has 0 aliphatic carbocycles. The topological polar surface area (TPSA) is 72.2 Å². The largest absolute Gasteiger partial charge is 0.421 e. The molecule has 1 amide bonds. The highest BCUT2D eigenvalue weighted by Crippen LogP contribution is 2.17. The molecule has 5 heteroatoms. The van der Waals surface area contributed by atoms with Crippen molar-refractivity contribution < 1.29 is 9.21 Å². The van der Waals surface area contributed by atoms with Gasteiger partial charge in [0.2, 0.25) is 5.91 Å². The first-order chi connectivity index (χ1) is 8.16. The van der Waals surface area contributed by atoms with E-state index in [0.717, 1.165) is 0 Å². The molecule has 5 nitrogen and oxygen atoms in total. The van der Waals surface area contributed by atoms with Crippen LogP contribution in [-0.2, 0) is 4.79 Å². The molecule has 0 bridgehead atoms. The number of aromatic nitrogens is 1. The minimum atomic E-state index is -0.582. The fraction of sp³-hybridized carbons (Fsp3) is 0.0833. The van der Waals surface area contributed by atoms with Crippen LogP contribution < -0.4 is 10.9 Å². The monoisotopic (exact) mass is 230 g/mol. The molecule has 0 aliphatic rings. The zero-order chi connectivity index (χ0) is 12.3. The Morgan fingerprint density at radius 1 is 1.35 bits per heavy atom. The first kappa shape index (κ1) is 11.1. The van der Waals surface area contributed by atoms with Gasteiger partial charge in [-0.05, 0) is 24.3 Å². The fourth-order valence-corrected chi connectivity index (χ4v) is 1.36. The number of hydrogen-bond donors (Lipinski definition) is 1. The molecular formula is C12H10N2O3. The molecule has 0 aliphatic heterocycles. The van der Waals surface area contributed by atoms with Crippen molar-refractivity contribution in [3.05, 3.63) is 47.1 Å². The number of rotatable bonds is 2. The molecule has 0 radical (unpaired) electrons. The van der Waals surface area contributed by atoms with Crippen molar-refractivity contribution in [2.24, 2.45) is 0 Å². The Morgan fingerprint density at radius 3 is 2.76 bits per heavy atom. The number of hydrogen-bond acceptors (Lipinski definition) is 4. The Labute approximate surface area is 97.1 Å². The van der Waals surface area contributed by atoms with Gasteiger partial charge in [0.25, 0.3) is 0 Å². The van der Waals surface area contributed by atoms with Gasteiger partial charge in [0.1, 0.15) is 11.4 Å². The van der Waals surface area contributed by atoms with Gasteiger partial charge in [-0.1, -0.05) is 0 Å². The molecule has 0 fully saturated rings. The first-order valence-electron chi connectivity index (χ1n) is 4.99. The highest BCUT2D eigenvalue weighted by atomic mass is 16.4. The lowest BCUT2D eigenvalue weighted by Crippen LogP contribution is -2.14. The van der Waals surface area contributed by atoms with E-state index in [9.17, 15) is 9.59 Å². The summed E-state index contributed by atoms with van der Waals surface area (Å²) in [6, 6.07) is 6.65. The van der Waals surface area contributed by atoms with Crippen molar-refractivity contribution in [2.45, 2.75) is 6.92 Å². The molecule has 0 saturated heterocycles.